The lowest BCUT2D eigenvalue weighted by atomic mass is 10.1. The molecule has 1 amide bonds. The second-order valence-electron chi connectivity index (χ2n) is 5.77. The zero-order chi connectivity index (χ0) is 19.6. The van der Waals surface area contributed by atoms with E-state index in [4.69, 9.17) is 0 Å². The number of sulfonamides is 1. The Kier molecular flexibility index (Phi) is 5.54. The van der Waals surface area contributed by atoms with Gasteiger partial charge in [-0.15, -0.1) is 11.3 Å². The van der Waals surface area contributed by atoms with Crippen molar-refractivity contribution in [3.05, 3.63) is 63.3 Å². The van der Waals surface area contributed by atoms with Gasteiger partial charge in [-0.1, -0.05) is 34.1 Å². The summed E-state index contributed by atoms with van der Waals surface area (Å²) < 4.78 is 25.8. The number of hydrogen-bond donors (Lipinski definition) is 3. The van der Waals surface area contributed by atoms with Crippen molar-refractivity contribution < 1.29 is 18.3 Å². The van der Waals surface area contributed by atoms with Gasteiger partial charge in [-0.3, -0.25) is 9.52 Å². The Morgan fingerprint density at radius 2 is 1.81 bits per heavy atom. The Morgan fingerprint density at radius 1 is 1.11 bits per heavy atom. The molecule has 0 spiro atoms. The van der Waals surface area contributed by atoms with E-state index < -0.39 is 10.0 Å². The van der Waals surface area contributed by atoms with Crippen molar-refractivity contribution in [2.24, 2.45) is 0 Å². The molecule has 1 aromatic heterocycles. The van der Waals surface area contributed by atoms with Gasteiger partial charge in [0.2, 0.25) is 10.0 Å². The molecule has 0 aliphatic rings. The molecule has 0 atom stereocenters. The third kappa shape index (κ3) is 5.09. The van der Waals surface area contributed by atoms with Crippen LogP contribution in [-0.4, -0.2) is 25.7 Å². The van der Waals surface area contributed by atoms with Crippen LogP contribution < -0.4 is 10.0 Å². The Morgan fingerprint density at radius 3 is 2.52 bits per heavy atom. The van der Waals surface area contributed by atoms with Gasteiger partial charge in [-0.2, -0.15) is 0 Å². The topological polar surface area (TPSA) is 95.5 Å². The van der Waals surface area contributed by atoms with E-state index in [1.54, 1.807) is 41.8 Å². The summed E-state index contributed by atoms with van der Waals surface area (Å²) in [6.45, 7) is 0. The molecule has 0 saturated heterocycles. The Hall–Kier alpha value is -2.36. The molecule has 0 saturated carbocycles. The standard InChI is InChI=1S/C18H15BrN2O4S2/c1-27(24,25)21-14-8-12(19)7-13(9-14)20-18(23)17-6-11(10-26-17)15-4-2-3-5-16(15)22/h2-10,21-22H,1H3,(H,20,23). The average Bonchev–Trinajstić information content (AvgIpc) is 3.03. The van der Waals surface area contributed by atoms with Crippen molar-refractivity contribution in [3.63, 3.8) is 0 Å². The average molecular weight is 467 g/mol. The normalized spacial score (nSPS) is 11.2. The zero-order valence-electron chi connectivity index (χ0n) is 14.1. The molecule has 2 aromatic carbocycles. The van der Waals surface area contributed by atoms with Gasteiger partial charge in [0.15, 0.2) is 0 Å². The number of hydrogen-bond acceptors (Lipinski definition) is 5. The van der Waals surface area contributed by atoms with Crippen LogP contribution in [0.2, 0.25) is 0 Å². The van der Waals surface area contributed by atoms with Gasteiger partial charge in [0.25, 0.3) is 5.91 Å². The molecule has 0 aliphatic carbocycles. The summed E-state index contributed by atoms with van der Waals surface area (Å²) in [5.74, 6) is -0.184. The van der Waals surface area contributed by atoms with Crippen LogP contribution in [0.3, 0.4) is 0 Å². The van der Waals surface area contributed by atoms with Gasteiger partial charge >= 0.3 is 0 Å². The van der Waals surface area contributed by atoms with Crippen LogP contribution in [-0.2, 0) is 10.0 Å². The Bertz CT molecular complexity index is 1110. The maximum Gasteiger partial charge on any atom is 0.265 e. The Labute approximate surface area is 169 Å². The second-order valence-corrected chi connectivity index (χ2v) is 9.35. The van der Waals surface area contributed by atoms with Crippen LogP contribution in [0, 0.1) is 0 Å². The molecule has 9 heteroatoms. The number of phenols is 1. The van der Waals surface area contributed by atoms with Crippen molar-refractivity contribution in [1.82, 2.24) is 0 Å². The summed E-state index contributed by atoms with van der Waals surface area (Å²) in [6, 6.07) is 13.4. The van der Waals surface area contributed by atoms with Crippen LogP contribution in [0.4, 0.5) is 11.4 Å². The lowest BCUT2D eigenvalue weighted by Crippen LogP contribution is -2.12. The molecular formula is C18H15BrN2O4S2. The molecule has 27 heavy (non-hydrogen) atoms. The van der Waals surface area contributed by atoms with Crippen molar-refractivity contribution in [2.45, 2.75) is 0 Å². The second kappa shape index (κ2) is 7.71. The maximum absolute atomic E-state index is 12.5. The zero-order valence-corrected chi connectivity index (χ0v) is 17.3. The molecule has 3 N–H and O–H groups in total. The van der Waals surface area contributed by atoms with Crippen molar-refractivity contribution in [1.29, 1.82) is 0 Å². The highest BCUT2D eigenvalue weighted by molar-refractivity contribution is 9.10. The number of halogens is 1. The molecule has 3 rings (SSSR count). The van der Waals surface area contributed by atoms with E-state index in [9.17, 15) is 18.3 Å². The smallest absolute Gasteiger partial charge is 0.265 e. The fraction of sp³-hybridized carbons (Fsp3) is 0.0556. The maximum atomic E-state index is 12.5. The fourth-order valence-electron chi connectivity index (χ4n) is 2.44. The first-order valence-electron chi connectivity index (χ1n) is 7.68. The number of rotatable bonds is 5. The number of para-hydroxylation sites is 1. The SMILES string of the molecule is CS(=O)(=O)Nc1cc(Br)cc(NC(=O)c2cc(-c3ccccc3O)cs2)c1. The van der Waals surface area contributed by atoms with Gasteiger partial charge in [0.1, 0.15) is 5.75 Å². The number of anilines is 2. The molecule has 140 valence electrons. The highest BCUT2D eigenvalue weighted by Crippen LogP contribution is 2.32. The largest absolute Gasteiger partial charge is 0.507 e. The third-order valence-electron chi connectivity index (χ3n) is 3.50. The van der Waals surface area contributed by atoms with Crippen LogP contribution >= 0.6 is 27.3 Å². The third-order valence-corrected chi connectivity index (χ3v) is 5.49. The van der Waals surface area contributed by atoms with E-state index in [2.05, 4.69) is 26.0 Å². The lowest BCUT2D eigenvalue weighted by Gasteiger charge is -2.09. The number of thiophene rings is 1. The summed E-state index contributed by atoms with van der Waals surface area (Å²) in [5.41, 5.74) is 2.17. The summed E-state index contributed by atoms with van der Waals surface area (Å²) in [4.78, 5) is 13.0. The molecule has 0 fully saturated rings. The van der Waals surface area contributed by atoms with Gasteiger partial charge in [-0.05, 0) is 41.3 Å². The summed E-state index contributed by atoms with van der Waals surface area (Å²) in [5, 5.41) is 14.5. The molecular weight excluding hydrogens is 452 g/mol. The minimum atomic E-state index is -3.43. The summed E-state index contributed by atoms with van der Waals surface area (Å²) >= 11 is 4.55. The minimum absolute atomic E-state index is 0.144. The van der Waals surface area contributed by atoms with E-state index in [-0.39, 0.29) is 11.7 Å². The first kappa shape index (κ1) is 19.4. The molecule has 0 radical (unpaired) electrons. The number of carbonyl (C=O) groups excluding carboxylic acids is 1. The monoisotopic (exact) mass is 466 g/mol. The predicted octanol–water partition coefficient (Wildman–Crippen LogP) is 4.51. The first-order chi connectivity index (χ1) is 12.7. The van der Waals surface area contributed by atoms with Gasteiger partial charge < -0.3 is 10.4 Å². The molecule has 0 unspecified atom stereocenters. The number of aromatic hydroxyl groups is 1. The number of phenolic OH excluding ortho intramolecular Hbond substituents is 1. The van der Waals surface area contributed by atoms with E-state index in [0.29, 0.717) is 26.3 Å². The van der Waals surface area contributed by atoms with Crippen LogP contribution in [0.15, 0.2) is 58.4 Å². The van der Waals surface area contributed by atoms with Crippen molar-refractivity contribution in [2.75, 3.05) is 16.3 Å². The fourth-order valence-corrected chi connectivity index (χ4v) is 4.28. The van der Waals surface area contributed by atoms with Crippen LogP contribution in [0.25, 0.3) is 11.1 Å². The highest BCUT2D eigenvalue weighted by atomic mass is 79.9. The molecule has 3 aromatic rings. The molecule has 0 bridgehead atoms. The van der Waals surface area contributed by atoms with Gasteiger partial charge in [0, 0.05) is 15.7 Å². The number of carbonyl (C=O) groups is 1. The quantitative estimate of drug-likeness (QED) is 0.515. The summed E-state index contributed by atoms with van der Waals surface area (Å²) in [6.07, 6.45) is 1.05. The van der Waals surface area contributed by atoms with Crippen LogP contribution in [0.5, 0.6) is 5.75 Å². The van der Waals surface area contributed by atoms with Crippen molar-refractivity contribution >= 4 is 54.6 Å². The van der Waals surface area contributed by atoms with Crippen molar-refractivity contribution in [3.8, 4) is 16.9 Å². The van der Waals surface area contributed by atoms with Gasteiger partial charge in [-0.25, -0.2) is 8.42 Å². The number of nitrogens with one attached hydrogen (secondary N) is 2. The molecule has 0 aliphatic heterocycles. The van der Waals surface area contributed by atoms with Crippen LogP contribution in [0.1, 0.15) is 9.67 Å². The van der Waals surface area contributed by atoms with E-state index in [1.807, 2.05) is 6.07 Å². The minimum Gasteiger partial charge on any atom is -0.507 e. The molecule has 6 nitrogen and oxygen atoms in total. The number of amides is 1. The highest BCUT2D eigenvalue weighted by Gasteiger charge is 2.13. The van der Waals surface area contributed by atoms with E-state index in [1.165, 1.54) is 17.4 Å². The van der Waals surface area contributed by atoms with E-state index >= 15 is 0 Å². The number of benzene rings is 2. The predicted molar refractivity (Wildman–Crippen MR) is 112 cm³/mol. The first-order valence-corrected chi connectivity index (χ1v) is 11.2. The Balaban J connectivity index is 1.81. The van der Waals surface area contributed by atoms with E-state index in [0.717, 1.165) is 11.8 Å². The van der Waals surface area contributed by atoms with Gasteiger partial charge in [0.05, 0.1) is 16.8 Å². The summed E-state index contributed by atoms with van der Waals surface area (Å²) in [7, 11) is -3.43. The molecule has 1 heterocycles. The lowest BCUT2D eigenvalue weighted by molar-refractivity contribution is 0.103.